The molecule has 0 spiro atoms. The second-order valence-corrected chi connectivity index (χ2v) is 10.7. The molecule has 0 N–H and O–H groups in total. The summed E-state index contributed by atoms with van der Waals surface area (Å²) in [6.07, 6.45) is 7.34. The van der Waals surface area contributed by atoms with Gasteiger partial charge in [0.2, 0.25) is 0 Å². The number of sulfone groups is 2. The van der Waals surface area contributed by atoms with E-state index in [1.165, 1.54) is 0 Å². The predicted octanol–water partition coefficient (Wildman–Crippen LogP) is 3.43. The van der Waals surface area contributed by atoms with Crippen molar-refractivity contribution in [1.82, 2.24) is 0 Å². The highest BCUT2D eigenvalue weighted by atomic mass is 32.2. The molecule has 0 aromatic heterocycles. The van der Waals surface area contributed by atoms with Crippen LogP contribution in [0.4, 0.5) is 0 Å². The lowest BCUT2D eigenvalue weighted by Gasteiger charge is -2.12. The third kappa shape index (κ3) is 12.4. The van der Waals surface area contributed by atoms with E-state index in [4.69, 9.17) is 0 Å². The molecule has 133 valence electrons. The molecule has 1 radical (unpaired) electrons. The molecule has 0 aliphatic heterocycles. The quantitative estimate of drug-likeness (QED) is 0.449. The van der Waals surface area contributed by atoms with E-state index in [1.807, 2.05) is 0 Å². The first-order valence-corrected chi connectivity index (χ1v) is 12.1. The van der Waals surface area contributed by atoms with E-state index in [0.717, 1.165) is 38.5 Å². The molecular formula is C16H33O4S2. The van der Waals surface area contributed by atoms with E-state index >= 15 is 0 Å². The first-order chi connectivity index (χ1) is 10.2. The van der Waals surface area contributed by atoms with E-state index in [9.17, 15) is 16.8 Å². The Labute approximate surface area is 137 Å². The van der Waals surface area contributed by atoms with Gasteiger partial charge in [0.1, 0.15) is 0 Å². The Kier molecular flexibility index (Phi) is 11.4. The van der Waals surface area contributed by atoms with Gasteiger partial charge in [0, 0.05) is 0 Å². The van der Waals surface area contributed by atoms with Gasteiger partial charge in [-0.3, -0.25) is 0 Å². The maximum absolute atomic E-state index is 12.0. The standard InChI is InChI=1S/C16H33O4S2/c1-4-6-8-10-12-21(17,18)14-16(3)15-22(19,20)13-11-9-7-5-2/h16H,3-15H2,1-2H3. The summed E-state index contributed by atoms with van der Waals surface area (Å²) in [6.45, 7) is 7.89. The lowest BCUT2D eigenvalue weighted by Crippen LogP contribution is -2.25. The molecule has 0 saturated heterocycles. The normalized spacial score (nSPS) is 12.9. The third-order valence-electron chi connectivity index (χ3n) is 3.60. The zero-order chi connectivity index (χ0) is 17.1. The van der Waals surface area contributed by atoms with Gasteiger partial charge in [-0.2, -0.15) is 0 Å². The Morgan fingerprint density at radius 3 is 1.36 bits per heavy atom. The number of hydrogen-bond donors (Lipinski definition) is 0. The fraction of sp³-hybridized carbons (Fsp3) is 0.938. The van der Waals surface area contributed by atoms with Crippen molar-refractivity contribution in [1.29, 1.82) is 0 Å². The van der Waals surface area contributed by atoms with Crippen molar-refractivity contribution in [2.24, 2.45) is 5.92 Å². The Hall–Kier alpha value is -0.100. The predicted molar refractivity (Wildman–Crippen MR) is 94.4 cm³/mol. The molecule has 0 aliphatic carbocycles. The minimum atomic E-state index is -3.19. The van der Waals surface area contributed by atoms with Gasteiger partial charge in [0.05, 0.1) is 23.0 Å². The molecule has 0 amide bonds. The molecule has 6 heteroatoms. The zero-order valence-electron chi connectivity index (χ0n) is 14.2. The van der Waals surface area contributed by atoms with Crippen molar-refractivity contribution < 1.29 is 16.8 Å². The monoisotopic (exact) mass is 353 g/mol. The highest BCUT2D eigenvalue weighted by molar-refractivity contribution is 7.92. The molecule has 0 saturated carbocycles. The number of hydrogen-bond acceptors (Lipinski definition) is 4. The minimum Gasteiger partial charge on any atom is -0.229 e. The van der Waals surface area contributed by atoms with E-state index in [1.54, 1.807) is 0 Å². The van der Waals surface area contributed by atoms with Gasteiger partial charge in [0.15, 0.2) is 19.7 Å². The van der Waals surface area contributed by atoms with Crippen LogP contribution in [0, 0.1) is 12.8 Å². The van der Waals surface area contributed by atoms with Gasteiger partial charge in [-0.25, -0.2) is 16.8 Å². The molecule has 0 rings (SSSR count). The minimum absolute atomic E-state index is 0.118. The average molecular weight is 354 g/mol. The molecule has 0 aromatic rings. The Morgan fingerprint density at radius 1 is 0.682 bits per heavy atom. The molecule has 22 heavy (non-hydrogen) atoms. The van der Waals surface area contributed by atoms with Gasteiger partial charge >= 0.3 is 0 Å². The summed E-state index contributed by atoms with van der Waals surface area (Å²) in [7, 11) is -6.38. The smallest absolute Gasteiger partial charge is 0.150 e. The van der Waals surface area contributed by atoms with Crippen LogP contribution in [-0.2, 0) is 19.7 Å². The number of rotatable bonds is 14. The summed E-state index contributed by atoms with van der Waals surface area (Å²) in [4.78, 5) is 0. The van der Waals surface area contributed by atoms with Crippen LogP contribution in [0.2, 0.25) is 0 Å². The van der Waals surface area contributed by atoms with Gasteiger partial charge in [-0.15, -0.1) is 0 Å². The first kappa shape index (κ1) is 21.9. The second-order valence-electron chi connectivity index (χ2n) is 6.22. The Balaban J connectivity index is 4.16. The second kappa shape index (κ2) is 11.4. The molecule has 0 aromatic carbocycles. The van der Waals surface area contributed by atoms with Crippen LogP contribution < -0.4 is 0 Å². The fourth-order valence-electron chi connectivity index (χ4n) is 2.43. The van der Waals surface area contributed by atoms with Gasteiger partial charge in [0.25, 0.3) is 0 Å². The van der Waals surface area contributed by atoms with E-state index in [0.29, 0.717) is 12.8 Å². The molecule has 0 unspecified atom stereocenters. The van der Waals surface area contributed by atoms with Gasteiger partial charge in [-0.1, -0.05) is 52.4 Å². The van der Waals surface area contributed by atoms with Crippen LogP contribution in [0.15, 0.2) is 0 Å². The van der Waals surface area contributed by atoms with E-state index < -0.39 is 25.6 Å². The first-order valence-electron chi connectivity index (χ1n) is 8.46. The van der Waals surface area contributed by atoms with Crippen LogP contribution >= 0.6 is 0 Å². The molecule has 4 nitrogen and oxygen atoms in total. The summed E-state index contributed by atoms with van der Waals surface area (Å²) in [6, 6.07) is 0. The Bertz CT molecular complexity index is 422. The SMILES string of the molecule is [CH2]C(CS(=O)(=O)CCCCCC)CS(=O)(=O)CCCCCC. The lowest BCUT2D eigenvalue weighted by molar-refractivity contribution is 0.572. The zero-order valence-corrected chi connectivity index (χ0v) is 15.9. The molecule has 0 bridgehead atoms. The third-order valence-corrected chi connectivity index (χ3v) is 7.38. The van der Waals surface area contributed by atoms with Crippen LogP contribution in [0.3, 0.4) is 0 Å². The van der Waals surface area contributed by atoms with E-state index in [-0.39, 0.29) is 23.0 Å². The summed E-state index contributed by atoms with van der Waals surface area (Å²) >= 11 is 0. The van der Waals surface area contributed by atoms with E-state index in [2.05, 4.69) is 20.8 Å². The van der Waals surface area contributed by atoms with Crippen molar-refractivity contribution in [2.45, 2.75) is 65.2 Å². The van der Waals surface area contributed by atoms with Crippen LogP contribution in [0.5, 0.6) is 0 Å². The molecule has 0 aliphatic rings. The van der Waals surface area contributed by atoms with Crippen molar-refractivity contribution in [2.75, 3.05) is 23.0 Å². The van der Waals surface area contributed by atoms with Gasteiger partial charge in [-0.05, 0) is 25.7 Å². The summed E-state index contributed by atoms with van der Waals surface area (Å²) in [5.41, 5.74) is 0. The van der Waals surface area contributed by atoms with Crippen molar-refractivity contribution in [3.05, 3.63) is 6.92 Å². The number of unbranched alkanes of at least 4 members (excludes halogenated alkanes) is 6. The van der Waals surface area contributed by atoms with Crippen LogP contribution in [0.1, 0.15) is 65.2 Å². The average Bonchev–Trinajstić information content (AvgIpc) is 2.38. The molecular weight excluding hydrogens is 320 g/mol. The summed E-state index contributed by atoms with van der Waals surface area (Å²) in [5.74, 6) is -0.501. The lowest BCUT2D eigenvalue weighted by atomic mass is 10.2. The highest BCUT2D eigenvalue weighted by Gasteiger charge is 2.21. The largest absolute Gasteiger partial charge is 0.229 e. The van der Waals surface area contributed by atoms with Crippen LogP contribution in [0.25, 0.3) is 0 Å². The van der Waals surface area contributed by atoms with Crippen molar-refractivity contribution in [3.8, 4) is 0 Å². The maximum Gasteiger partial charge on any atom is 0.150 e. The molecule has 0 heterocycles. The topological polar surface area (TPSA) is 68.3 Å². The Morgan fingerprint density at radius 2 is 1.05 bits per heavy atom. The summed E-state index contributed by atoms with van der Waals surface area (Å²) < 4.78 is 47.8. The maximum atomic E-state index is 12.0. The molecule has 0 atom stereocenters. The summed E-state index contributed by atoms with van der Waals surface area (Å²) in [5, 5.41) is 0. The molecule has 0 fully saturated rings. The van der Waals surface area contributed by atoms with Crippen LogP contribution in [-0.4, -0.2) is 39.8 Å². The fourth-order valence-corrected chi connectivity index (χ4v) is 5.87. The van der Waals surface area contributed by atoms with Gasteiger partial charge < -0.3 is 0 Å². The van der Waals surface area contributed by atoms with Crippen molar-refractivity contribution >= 4 is 19.7 Å². The van der Waals surface area contributed by atoms with Crippen molar-refractivity contribution in [3.63, 3.8) is 0 Å². The highest BCUT2D eigenvalue weighted by Crippen LogP contribution is 2.11.